The first-order valence-corrected chi connectivity index (χ1v) is 5.20. The minimum Gasteiger partial charge on any atom is -0.459 e. The Morgan fingerprint density at radius 2 is 2.00 bits per heavy atom. The van der Waals surface area contributed by atoms with Gasteiger partial charge >= 0.3 is 5.97 Å². The highest BCUT2D eigenvalue weighted by Gasteiger charge is 2.57. The van der Waals surface area contributed by atoms with Gasteiger partial charge in [-0.15, -0.1) is 0 Å². The van der Waals surface area contributed by atoms with Crippen LogP contribution in [0.1, 0.15) is 46.5 Å². The second-order valence-electron chi connectivity index (χ2n) is 5.22. The van der Waals surface area contributed by atoms with Crippen molar-refractivity contribution in [3.8, 4) is 0 Å². The van der Waals surface area contributed by atoms with Crippen LogP contribution in [-0.4, -0.2) is 11.6 Å². The molecule has 0 amide bonds. The van der Waals surface area contributed by atoms with Gasteiger partial charge in [-0.1, -0.05) is 6.42 Å². The molecule has 13 heavy (non-hydrogen) atoms. The molecule has 0 N–H and O–H groups in total. The van der Waals surface area contributed by atoms with Gasteiger partial charge in [0.1, 0.15) is 5.60 Å². The van der Waals surface area contributed by atoms with Crippen LogP contribution in [0.15, 0.2) is 0 Å². The number of hydrogen-bond donors (Lipinski definition) is 0. The summed E-state index contributed by atoms with van der Waals surface area (Å²) in [7, 11) is 0. The molecule has 0 aromatic rings. The van der Waals surface area contributed by atoms with Crippen LogP contribution in [0.4, 0.5) is 0 Å². The SMILES string of the molecule is CC1(C)C(=O)O[C@@]2(C)CCCC[C@@H]12. The van der Waals surface area contributed by atoms with E-state index in [9.17, 15) is 4.79 Å². The van der Waals surface area contributed by atoms with Crippen molar-refractivity contribution in [1.82, 2.24) is 0 Å². The molecule has 2 rings (SSSR count). The van der Waals surface area contributed by atoms with Crippen molar-refractivity contribution < 1.29 is 9.53 Å². The molecule has 0 aromatic carbocycles. The summed E-state index contributed by atoms with van der Waals surface area (Å²) in [5.41, 5.74) is -0.409. The Balaban J connectivity index is 2.33. The van der Waals surface area contributed by atoms with Crippen LogP contribution in [0.3, 0.4) is 0 Å². The summed E-state index contributed by atoms with van der Waals surface area (Å²) in [6.45, 7) is 6.15. The van der Waals surface area contributed by atoms with E-state index >= 15 is 0 Å². The van der Waals surface area contributed by atoms with E-state index in [1.807, 2.05) is 13.8 Å². The minimum absolute atomic E-state index is 0.00176. The highest BCUT2D eigenvalue weighted by molar-refractivity contribution is 5.79. The van der Waals surface area contributed by atoms with Crippen molar-refractivity contribution in [3.63, 3.8) is 0 Å². The third-order valence-corrected chi connectivity index (χ3v) is 3.88. The molecule has 2 aliphatic rings. The van der Waals surface area contributed by atoms with Crippen LogP contribution in [0.25, 0.3) is 0 Å². The zero-order chi connectivity index (χ0) is 9.69. The Hall–Kier alpha value is -0.530. The zero-order valence-corrected chi connectivity index (χ0v) is 8.72. The largest absolute Gasteiger partial charge is 0.459 e. The van der Waals surface area contributed by atoms with E-state index in [-0.39, 0.29) is 17.0 Å². The van der Waals surface area contributed by atoms with E-state index in [1.165, 1.54) is 12.8 Å². The van der Waals surface area contributed by atoms with Crippen LogP contribution < -0.4 is 0 Å². The fourth-order valence-corrected chi connectivity index (χ4v) is 3.04. The molecule has 0 aromatic heterocycles. The molecule has 0 bridgehead atoms. The Morgan fingerprint density at radius 1 is 1.31 bits per heavy atom. The second-order valence-corrected chi connectivity index (χ2v) is 5.22. The molecule has 0 spiro atoms. The summed E-state index contributed by atoms with van der Waals surface area (Å²) in [4.78, 5) is 11.6. The predicted octanol–water partition coefficient (Wildman–Crippen LogP) is 2.52. The minimum atomic E-state index is -0.255. The molecule has 1 aliphatic heterocycles. The van der Waals surface area contributed by atoms with E-state index in [0.29, 0.717) is 5.92 Å². The molecule has 2 fully saturated rings. The van der Waals surface area contributed by atoms with Gasteiger partial charge in [0, 0.05) is 5.92 Å². The van der Waals surface area contributed by atoms with Crippen molar-refractivity contribution in [2.75, 3.05) is 0 Å². The Labute approximate surface area is 79.7 Å². The van der Waals surface area contributed by atoms with Gasteiger partial charge in [0.05, 0.1) is 5.41 Å². The predicted molar refractivity (Wildman–Crippen MR) is 50.2 cm³/mol. The van der Waals surface area contributed by atoms with Crippen molar-refractivity contribution in [3.05, 3.63) is 0 Å². The van der Waals surface area contributed by atoms with Gasteiger partial charge < -0.3 is 4.74 Å². The molecule has 1 saturated carbocycles. The van der Waals surface area contributed by atoms with E-state index in [4.69, 9.17) is 4.74 Å². The van der Waals surface area contributed by atoms with E-state index in [0.717, 1.165) is 12.8 Å². The standard InChI is InChI=1S/C11H18O2/c1-10(2)8-6-4-5-7-11(8,3)13-9(10)12/h8H,4-7H2,1-3H3/t8-,11-/m0/s1. The Morgan fingerprint density at radius 3 is 2.62 bits per heavy atom. The maximum Gasteiger partial charge on any atom is 0.312 e. The molecule has 2 heteroatoms. The van der Waals surface area contributed by atoms with Gasteiger partial charge in [-0.3, -0.25) is 4.79 Å². The highest BCUT2D eigenvalue weighted by Crippen LogP contribution is 2.52. The average Bonchev–Trinajstić information content (AvgIpc) is 2.20. The number of carbonyl (C=O) groups excluding carboxylic acids is 1. The van der Waals surface area contributed by atoms with Gasteiger partial charge in [0.15, 0.2) is 0 Å². The number of esters is 1. The lowest BCUT2D eigenvalue weighted by Gasteiger charge is -2.37. The molecular formula is C11H18O2. The normalized spacial score (nSPS) is 42.7. The molecule has 0 radical (unpaired) electrons. The van der Waals surface area contributed by atoms with Crippen LogP contribution >= 0.6 is 0 Å². The first-order valence-electron chi connectivity index (χ1n) is 5.20. The monoisotopic (exact) mass is 182 g/mol. The van der Waals surface area contributed by atoms with E-state index < -0.39 is 0 Å². The quantitative estimate of drug-likeness (QED) is 0.538. The van der Waals surface area contributed by atoms with E-state index in [1.54, 1.807) is 0 Å². The number of rotatable bonds is 0. The van der Waals surface area contributed by atoms with Gasteiger partial charge in [-0.2, -0.15) is 0 Å². The molecule has 0 unspecified atom stereocenters. The average molecular weight is 182 g/mol. The Kier molecular flexibility index (Phi) is 1.73. The molecule has 74 valence electrons. The van der Waals surface area contributed by atoms with Crippen LogP contribution in [-0.2, 0) is 9.53 Å². The lowest BCUT2D eigenvalue weighted by atomic mass is 9.66. The van der Waals surface area contributed by atoms with Crippen molar-refractivity contribution in [1.29, 1.82) is 0 Å². The van der Waals surface area contributed by atoms with Gasteiger partial charge in [-0.05, 0) is 40.0 Å². The summed E-state index contributed by atoms with van der Waals surface area (Å²) < 4.78 is 5.53. The summed E-state index contributed by atoms with van der Waals surface area (Å²) in [6, 6.07) is 0. The summed E-state index contributed by atoms with van der Waals surface area (Å²) in [5, 5.41) is 0. The lowest BCUT2D eigenvalue weighted by molar-refractivity contribution is -0.153. The lowest BCUT2D eigenvalue weighted by Crippen LogP contribution is -2.39. The maximum atomic E-state index is 11.6. The van der Waals surface area contributed by atoms with Crippen molar-refractivity contribution in [2.45, 2.75) is 52.1 Å². The van der Waals surface area contributed by atoms with Gasteiger partial charge in [0.25, 0.3) is 0 Å². The number of ether oxygens (including phenoxy) is 1. The molecule has 2 nitrogen and oxygen atoms in total. The molecular weight excluding hydrogens is 164 g/mol. The number of fused-ring (bicyclic) bond motifs is 1. The first kappa shape index (κ1) is 9.04. The number of hydrogen-bond acceptors (Lipinski definition) is 2. The third-order valence-electron chi connectivity index (χ3n) is 3.88. The second kappa shape index (κ2) is 2.49. The topological polar surface area (TPSA) is 26.3 Å². The summed E-state index contributed by atoms with van der Waals surface area (Å²) in [5.74, 6) is 0.433. The molecule has 2 atom stereocenters. The Bertz CT molecular complexity index is 244. The van der Waals surface area contributed by atoms with Crippen LogP contribution in [0.2, 0.25) is 0 Å². The zero-order valence-electron chi connectivity index (χ0n) is 8.72. The van der Waals surface area contributed by atoms with Crippen molar-refractivity contribution in [2.24, 2.45) is 11.3 Å². The summed E-state index contributed by atoms with van der Waals surface area (Å²) >= 11 is 0. The number of carbonyl (C=O) groups is 1. The highest BCUT2D eigenvalue weighted by atomic mass is 16.6. The summed E-state index contributed by atoms with van der Waals surface area (Å²) in [6.07, 6.45) is 4.65. The third kappa shape index (κ3) is 1.11. The molecule has 1 aliphatic carbocycles. The first-order chi connectivity index (χ1) is 5.97. The van der Waals surface area contributed by atoms with Crippen molar-refractivity contribution >= 4 is 5.97 Å². The van der Waals surface area contributed by atoms with Gasteiger partial charge in [0.2, 0.25) is 0 Å². The maximum absolute atomic E-state index is 11.6. The fourth-order valence-electron chi connectivity index (χ4n) is 3.04. The molecule has 1 saturated heterocycles. The molecule has 1 heterocycles. The van der Waals surface area contributed by atoms with Crippen LogP contribution in [0, 0.1) is 11.3 Å². The fraction of sp³-hybridized carbons (Fsp3) is 0.909. The van der Waals surface area contributed by atoms with Gasteiger partial charge in [-0.25, -0.2) is 0 Å². The smallest absolute Gasteiger partial charge is 0.312 e. The van der Waals surface area contributed by atoms with E-state index in [2.05, 4.69) is 6.92 Å². The van der Waals surface area contributed by atoms with Crippen LogP contribution in [0.5, 0.6) is 0 Å².